The van der Waals surface area contributed by atoms with E-state index < -0.39 is 0 Å². The van der Waals surface area contributed by atoms with Crippen molar-refractivity contribution in [2.45, 2.75) is 19.8 Å². The molecule has 1 N–H and O–H groups in total. The Bertz CT molecular complexity index is 475. The van der Waals surface area contributed by atoms with Crippen molar-refractivity contribution < 1.29 is 9.53 Å². The van der Waals surface area contributed by atoms with Gasteiger partial charge in [-0.3, -0.25) is 4.79 Å². The van der Waals surface area contributed by atoms with Crippen LogP contribution in [0.4, 0.5) is 5.69 Å². The van der Waals surface area contributed by atoms with E-state index in [1.54, 1.807) is 18.2 Å². The Labute approximate surface area is 107 Å². The minimum absolute atomic E-state index is 0.00980. The van der Waals surface area contributed by atoms with E-state index >= 15 is 0 Å². The third-order valence-corrected chi connectivity index (χ3v) is 3.15. The van der Waals surface area contributed by atoms with Crippen LogP contribution < -0.4 is 10.1 Å². The van der Waals surface area contributed by atoms with Crippen molar-refractivity contribution in [3.63, 3.8) is 0 Å². The molecule has 4 heteroatoms. The fourth-order valence-corrected chi connectivity index (χ4v) is 1.85. The molecule has 0 saturated heterocycles. The molecule has 1 saturated carbocycles. The van der Waals surface area contributed by atoms with Gasteiger partial charge in [0.05, 0.1) is 0 Å². The second-order valence-corrected chi connectivity index (χ2v) is 4.59. The first-order valence-electron chi connectivity index (χ1n) is 6.11. The number of anilines is 1. The Balaban J connectivity index is 1.95. The minimum Gasteiger partial charge on any atom is -0.479 e. The van der Waals surface area contributed by atoms with Gasteiger partial charge in [-0.1, -0.05) is 13.0 Å². The summed E-state index contributed by atoms with van der Waals surface area (Å²) in [5.74, 6) is 1.25. The van der Waals surface area contributed by atoms with Gasteiger partial charge in [-0.05, 0) is 30.9 Å². The second kappa shape index (κ2) is 5.54. The summed E-state index contributed by atoms with van der Waals surface area (Å²) in [6.45, 7) is 1.97. The van der Waals surface area contributed by atoms with E-state index in [9.17, 15) is 4.79 Å². The lowest BCUT2D eigenvalue weighted by atomic mass is 10.1. The second-order valence-electron chi connectivity index (χ2n) is 4.59. The van der Waals surface area contributed by atoms with Crippen LogP contribution in [0, 0.1) is 23.2 Å². The average molecular weight is 244 g/mol. The molecule has 1 aromatic rings. The van der Waals surface area contributed by atoms with Crippen LogP contribution in [-0.4, -0.2) is 12.5 Å². The van der Waals surface area contributed by atoms with Crippen molar-refractivity contribution in [3.8, 4) is 11.8 Å². The largest absolute Gasteiger partial charge is 0.479 e. The van der Waals surface area contributed by atoms with Crippen LogP contribution in [0.15, 0.2) is 24.3 Å². The normalized spacial score (nSPS) is 15.6. The monoisotopic (exact) mass is 244 g/mol. The van der Waals surface area contributed by atoms with Gasteiger partial charge in [-0.2, -0.15) is 5.26 Å². The number of benzene rings is 1. The van der Waals surface area contributed by atoms with Crippen molar-refractivity contribution >= 4 is 11.6 Å². The summed E-state index contributed by atoms with van der Waals surface area (Å²) >= 11 is 0. The molecule has 1 atom stereocenters. The van der Waals surface area contributed by atoms with Gasteiger partial charge in [0.1, 0.15) is 11.8 Å². The van der Waals surface area contributed by atoms with Crippen molar-refractivity contribution in [2.24, 2.45) is 11.8 Å². The molecule has 2 rings (SSSR count). The smallest absolute Gasteiger partial charge is 0.227 e. The Morgan fingerprint density at radius 2 is 2.39 bits per heavy atom. The number of amides is 1. The number of ether oxygens (including phenoxy) is 1. The lowest BCUT2D eigenvalue weighted by molar-refractivity contribution is -0.119. The molecule has 0 radical (unpaired) electrons. The van der Waals surface area contributed by atoms with E-state index in [0.29, 0.717) is 17.4 Å². The highest BCUT2D eigenvalue weighted by atomic mass is 16.5. The predicted molar refractivity (Wildman–Crippen MR) is 68.1 cm³/mol. The number of rotatable bonds is 5. The number of nitrogens with one attached hydrogen (secondary N) is 1. The average Bonchev–Trinajstić information content (AvgIpc) is 3.20. The van der Waals surface area contributed by atoms with Crippen LogP contribution in [0.1, 0.15) is 19.8 Å². The standard InChI is InChI=1S/C14H16N2O2/c1-10(11-5-6-11)14(17)16-12-3-2-4-13(9-12)18-8-7-15/h2-4,9-11H,5-6,8H2,1H3,(H,16,17). The number of carbonyl (C=O) groups is 1. The maximum absolute atomic E-state index is 11.9. The molecular formula is C14H16N2O2. The summed E-state index contributed by atoms with van der Waals surface area (Å²) in [7, 11) is 0. The Kier molecular flexibility index (Phi) is 3.83. The number of hydrogen-bond acceptors (Lipinski definition) is 3. The van der Waals surface area contributed by atoms with Crippen molar-refractivity contribution in [2.75, 3.05) is 11.9 Å². The highest BCUT2D eigenvalue weighted by molar-refractivity contribution is 5.92. The van der Waals surface area contributed by atoms with Crippen LogP contribution in [0.3, 0.4) is 0 Å². The number of nitriles is 1. The zero-order valence-corrected chi connectivity index (χ0v) is 10.3. The molecule has 0 aliphatic heterocycles. The van der Waals surface area contributed by atoms with Crippen molar-refractivity contribution in [1.82, 2.24) is 0 Å². The molecular weight excluding hydrogens is 228 g/mol. The quantitative estimate of drug-likeness (QED) is 0.865. The third-order valence-electron chi connectivity index (χ3n) is 3.15. The molecule has 1 unspecified atom stereocenters. The van der Waals surface area contributed by atoms with Gasteiger partial charge >= 0.3 is 0 Å². The van der Waals surface area contributed by atoms with Gasteiger partial charge in [0.15, 0.2) is 6.61 Å². The first-order chi connectivity index (χ1) is 8.70. The van der Waals surface area contributed by atoms with Crippen LogP contribution in [0.25, 0.3) is 0 Å². The SMILES string of the molecule is CC(C(=O)Nc1cccc(OCC#N)c1)C1CC1. The molecule has 0 heterocycles. The Hall–Kier alpha value is -2.02. The molecule has 0 bridgehead atoms. The van der Waals surface area contributed by atoms with E-state index in [4.69, 9.17) is 10.00 Å². The topological polar surface area (TPSA) is 62.1 Å². The molecule has 18 heavy (non-hydrogen) atoms. The number of carbonyl (C=O) groups excluding carboxylic acids is 1. The molecule has 1 fully saturated rings. The molecule has 4 nitrogen and oxygen atoms in total. The van der Waals surface area contributed by atoms with Crippen molar-refractivity contribution in [1.29, 1.82) is 5.26 Å². The van der Waals surface area contributed by atoms with Gasteiger partial charge in [-0.25, -0.2) is 0 Å². The molecule has 1 amide bonds. The highest BCUT2D eigenvalue weighted by Gasteiger charge is 2.32. The van der Waals surface area contributed by atoms with Crippen LogP contribution in [0.2, 0.25) is 0 Å². The van der Waals surface area contributed by atoms with E-state index in [-0.39, 0.29) is 18.4 Å². The first kappa shape index (κ1) is 12.4. The van der Waals surface area contributed by atoms with E-state index in [0.717, 1.165) is 12.8 Å². The molecule has 1 aliphatic carbocycles. The fraction of sp³-hybridized carbons (Fsp3) is 0.429. The molecule has 1 aromatic carbocycles. The molecule has 94 valence electrons. The lowest BCUT2D eigenvalue weighted by Gasteiger charge is -2.11. The number of hydrogen-bond donors (Lipinski definition) is 1. The van der Waals surface area contributed by atoms with Gasteiger partial charge in [0.2, 0.25) is 5.91 Å². The highest BCUT2D eigenvalue weighted by Crippen LogP contribution is 2.37. The number of nitrogens with zero attached hydrogens (tertiary/aromatic N) is 1. The van der Waals surface area contributed by atoms with Crippen molar-refractivity contribution in [3.05, 3.63) is 24.3 Å². The fourth-order valence-electron chi connectivity index (χ4n) is 1.85. The minimum atomic E-state index is 0.00980. The Morgan fingerprint density at radius 1 is 1.61 bits per heavy atom. The van der Waals surface area contributed by atoms with E-state index in [1.165, 1.54) is 0 Å². The van der Waals surface area contributed by atoms with Crippen LogP contribution in [0.5, 0.6) is 5.75 Å². The molecule has 0 spiro atoms. The maximum Gasteiger partial charge on any atom is 0.227 e. The van der Waals surface area contributed by atoms with Gasteiger partial charge in [-0.15, -0.1) is 0 Å². The van der Waals surface area contributed by atoms with Gasteiger partial charge < -0.3 is 10.1 Å². The lowest BCUT2D eigenvalue weighted by Crippen LogP contribution is -2.21. The molecule has 0 aromatic heterocycles. The zero-order valence-electron chi connectivity index (χ0n) is 10.3. The zero-order chi connectivity index (χ0) is 13.0. The van der Waals surface area contributed by atoms with E-state index in [2.05, 4.69) is 5.32 Å². The summed E-state index contributed by atoms with van der Waals surface area (Å²) in [6.07, 6.45) is 2.31. The summed E-state index contributed by atoms with van der Waals surface area (Å²) in [6, 6.07) is 9.01. The predicted octanol–water partition coefficient (Wildman–Crippen LogP) is 2.57. The van der Waals surface area contributed by atoms with Gasteiger partial charge in [0.25, 0.3) is 0 Å². The van der Waals surface area contributed by atoms with Crippen LogP contribution >= 0.6 is 0 Å². The maximum atomic E-state index is 11.9. The summed E-state index contributed by atoms with van der Waals surface area (Å²) in [5, 5.41) is 11.3. The summed E-state index contributed by atoms with van der Waals surface area (Å²) in [5.41, 5.74) is 0.711. The first-order valence-corrected chi connectivity index (χ1v) is 6.11. The summed E-state index contributed by atoms with van der Waals surface area (Å²) < 4.78 is 5.19. The van der Waals surface area contributed by atoms with Gasteiger partial charge in [0, 0.05) is 17.7 Å². The summed E-state index contributed by atoms with van der Waals surface area (Å²) in [4.78, 5) is 11.9. The Morgan fingerprint density at radius 3 is 3.06 bits per heavy atom. The molecule has 1 aliphatic rings. The van der Waals surface area contributed by atoms with Crippen LogP contribution in [-0.2, 0) is 4.79 Å². The third kappa shape index (κ3) is 3.24. The van der Waals surface area contributed by atoms with E-state index in [1.807, 2.05) is 19.1 Å².